The zero-order valence-corrected chi connectivity index (χ0v) is 17.9. The number of piperazine rings is 1. The topological polar surface area (TPSA) is 63.0 Å². The number of pyridine rings is 1. The Bertz CT molecular complexity index is 1420. The van der Waals surface area contributed by atoms with Crippen LogP contribution in [0.5, 0.6) is 0 Å². The van der Waals surface area contributed by atoms with Gasteiger partial charge in [-0.05, 0) is 19.2 Å². The molecule has 158 valence electrons. The van der Waals surface area contributed by atoms with E-state index in [0.29, 0.717) is 0 Å². The van der Waals surface area contributed by atoms with Gasteiger partial charge in [0.25, 0.3) is 0 Å². The van der Waals surface area contributed by atoms with Crippen LogP contribution in [0.2, 0.25) is 0 Å². The van der Waals surface area contributed by atoms with Gasteiger partial charge >= 0.3 is 0 Å². The third kappa shape index (κ3) is 3.27. The monoisotopic (exact) mass is 421 g/mol. The molecule has 0 bridgehead atoms. The highest BCUT2D eigenvalue weighted by molar-refractivity contribution is 5.96. The van der Waals surface area contributed by atoms with Crippen molar-refractivity contribution in [2.45, 2.75) is 0 Å². The summed E-state index contributed by atoms with van der Waals surface area (Å²) in [6.45, 7) is 3.96. The van der Waals surface area contributed by atoms with Gasteiger partial charge in [0.15, 0.2) is 11.6 Å². The van der Waals surface area contributed by atoms with Gasteiger partial charge < -0.3 is 9.80 Å². The van der Waals surface area contributed by atoms with Crippen LogP contribution < -0.4 is 4.90 Å². The molecule has 6 rings (SSSR count). The number of nitrogens with zero attached hydrogens (tertiary/aromatic N) is 7. The maximum Gasteiger partial charge on any atom is 0.183 e. The third-order valence-corrected chi connectivity index (χ3v) is 6.14. The molecule has 0 N–H and O–H groups in total. The van der Waals surface area contributed by atoms with Crippen LogP contribution in [0.4, 0.5) is 5.82 Å². The van der Waals surface area contributed by atoms with Gasteiger partial charge in [0, 0.05) is 54.1 Å². The Kier molecular flexibility index (Phi) is 4.54. The maximum absolute atomic E-state index is 4.80. The average molecular weight is 422 g/mol. The number of anilines is 1. The zero-order valence-electron chi connectivity index (χ0n) is 17.9. The molecule has 4 heterocycles. The lowest BCUT2D eigenvalue weighted by Gasteiger charge is -2.33. The highest BCUT2D eigenvalue weighted by Crippen LogP contribution is 2.29. The van der Waals surface area contributed by atoms with Gasteiger partial charge in [-0.15, -0.1) is 10.2 Å². The van der Waals surface area contributed by atoms with Crippen LogP contribution in [-0.4, -0.2) is 63.1 Å². The molecule has 32 heavy (non-hydrogen) atoms. The second-order valence-corrected chi connectivity index (χ2v) is 8.25. The van der Waals surface area contributed by atoms with E-state index in [2.05, 4.69) is 62.5 Å². The van der Waals surface area contributed by atoms with E-state index in [9.17, 15) is 0 Å². The first-order valence-electron chi connectivity index (χ1n) is 10.9. The van der Waals surface area contributed by atoms with Crippen LogP contribution in [-0.2, 0) is 0 Å². The number of para-hydroxylation sites is 1. The number of hydrogen-bond donors (Lipinski definition) is 0. The Balaban J connectivity index is 1.40. The number of likely N-dealkylation sites (N-methyl/N-ethyl adjacent to an activating group) is 1. The molecule has 1 aliphatic rings. The van der Waals surface area contributed by atoms with Gasteiger partial charge in [-0.2, -0.15) is 5.10 Å². The average Bonchev–Trinajstić information content (AvgIpc) is 3.34. The molecule has 0 unspecified atom stereocenters. The summed E-state index contributed by atoms with van der Waals surface area (Å²) in [6.07, 6.45) is 3.81. The Morgan fingerprint density at radius 2 is 1.47 bits per heavy atom. The second kappa shape index (κ2) is 7.69. The molecule has 2 aromatic carbocycles. The number of aromatic nitrogens is 5. The molecular formula is C25H23N7. The minimum absolute atomic E-state index is 0.727. The van der Waals surface area contributed by atoms with E-state index in [1.165, 1.54) is 0 Å². The number of fused-ring (bicyclic) bond motifs is 2. The number of rotatable bonds is 3. The van der Waals surface area contributed by atoms with Crippen molar-refractivity contribution in [3.63, 3.8) is 0 Å². The minimum atomic E-state index is 0.727. The Labute approximate surface area is 185 Å². The molecule has 1 fully saturated rings. The fourth-order valence-electron chi connectivity index (χ4n) is 4.29. The summed E-state index contributed by atoms with van der Waals surface area (Å²) in [5.41, 5.74) is 2.81. The third-order valence-electron chi connectivity index (χ3n) is 6.14. The molecule has 1 aliphatic heterocycles. The SMILES string of the molecule is CN1CCN(c2nnc(-n3cc(-c4ccc5ccccc5n4)cn3)c3ccccc23)CC1. The van der Waals surface area contributed by atoms with Gasteiger partial charge in [-0.1, -0.05) is 48.5 Å². The van der Waals surface area contributed by atoms with Crippen LogP contribution in [0, 0.1) is 0 Å². The molecule has 0 atom stereocenters. The van der Waals surface area contributed by atoms with Crippen molar-refractivity contribution in [2.75, 3.05) is 38.1 Å². The molecule has 7 nitrogen and oxygen atoms in total. The molecule has 0 spiro atoms. The molecule has 0 radical (unpaired) electrons. The van der Waals surface area contributed by atoms with E-state index in [-0.39, 0.29) is 0 Å². The van der Waals surface area contributed by atoms with Crippen LogP contribution in [0.25, 0.3) is 38.8 Å². The number of benzene rings is 2. The first-order chi connectivity index (χ1) is 15.8. The summed E-state index contributed by atoms with van der Waals surface area (Å²) >= 11 is 0. The fraction of sp³-hybridized carbons (Fsp3) is 0.200. The molecule has 0 saturated carbocycles. The van der Waals surface area contributed by atoms with Crippen molar-refractivity contribution in [3.8, 4) is 17.1 Å². The van der Waals surface area contributed by atoms with Crippen LogP contribution >= 0.6 is 0 Å². The lowest BCUT2D eigenvalue weighted by atomic mass is 10.1. The first kappa shape index (κ1) is 18.9. The van der Waals surface area contributed by atoms with E-state index in [1.807, 2.05) is 42.7 Å². The summed E-state index contributed by atoms with van der Waals surface area (Å²) < 4.78 is 1.80. The van der Waals surface area contributed by atoms with E-state index < -0.39 is 0 Å². The predicted molar refractivity (Wildman–Crippen MR) is 127 cm³/mol. The largest absolute Gasteiger partial charge is 0.352 e. The predicted octanol–water partition coefficient (Wildman–Crippen LogP) is 3.78. The van der Waals surface area contributed by atoms with Crippen LogP contribution in [0.1, 0.15) is 0 Å². The molecular weight excluding hydrogens is 398 g/mol. The fourth-order valence-corrected chi connectivity index (χ4v) is 4.29. The minimum Gasteiger partial charge on any atom is -0.352 e. The second-order valence-electron chi connectivity index (χ2n) is 8.25. The van der Waals surface area contributed by atoms with E-state index in [4.69, 9.17) is 4.98 Å². The van der Waals surface area contributed by atoms with Crippen molar-refractivity contribution in [2.24, 2.45) is 0 Å². The summed E-state index contributed by atoms with van der Waals surface area (Å²) in [6, 6.07) is 20.6. The maximum atomic E-state index is 4.80. The van der Waals surface area contributed by atoms with E-state index >= 15 is 0 Å². The molecule has 0 aliphatic carbocycles. The standard InChI is InChI=1S/C25H23N7/c1-30-12-14-31(15-13-30)24-20-7-3-4-8-21(20)25(29-28-24)32-17-19(16-26-32)23-11-10-18-6-2-5-9-22(18)27-23/h2-11,16-17H,12-15H2,1H3. The van der Waals surface area contributed by atoms with Gasteiger partial charge in [0.2, 0.25) is 0 Å². The van der Waals surface area contributed by atoms with Crippen LogP contribution in [0.3, 0.4) is 0 Å². The number of hydrogen-bond acceptors (Lipinski definition) is 6. The smallest absolute Gasteiger partial charge is 0.183 e. The summed E-state index contributed by atoms with van der Waals surface area (Å²) in [5.74, 6) is 1.67. The zero-order chi connectivity index (χ0) is 21.5. The van der Waals surface area contributed by atoms with Crippen molar-refractivity contribution in [1.82, 2.24) is 29.9 Å². The van der Waals surface area contributed by atoms with Gasteiger partial charge in [0.1, 0.15) is 0 Å². The Morgan fingerprint density at radius 1 is 0.750 bits per heavy atom. The van der Waals surface area contributed by atoms with Crippen molar-refractivity contribution >= 4 is 27.5 Å². The molecule has 7 heteroatoms. The Hall–Kier alpha value is -3.84. The highest BCUT2D eigenvalue weighted by atomic mass is 15.4. The van der Waals surface area contributed by atoms with E-state index in [1.54, 1.807) is 4.68 Å². The van der Waals surface area contributed by atoms with Crippen molar-refractivity contribution < 1.29 is 0 Å². The highest BCUT2D eigenvalue weighted by Gasteiger charge is 2.20. The quantitative estimate of drug-likeness (QED) is 0.442. The Morgan fingerprint density at radius 3 is 2.31 bits per heavy atom. The molecule has 1 saturated heterocycles. The molecule has 0 amide bonds. The first-order valence-corrected chi connectivity index (χ1v) is 10.9. The summed E-state index contributed by atoms with van der Waals surface area (Å²) in [5, 5.41) is 17.1. The van der Waals surface area contributed by atoms with E-state index in [0.717, 1.165) is 70.7 Å². The van der Waals surface area contributed by atoms with Gasteiger partial charge in [-0.25, -0.2) is 9.67 Å². The van der Waals surface area contributed by atoms with Crippen molar-refractivity contribution in [1.29, 1.82) is 0 Å². The van der Waals surface area contributed by atoms with Crippen LogP contribution in [0.15, 0.2) is 73.1 Å². The lowest BCUT2D eigenvalue weighted by molar-refractivity contribution is 0.312. The summed E-state index contributed by atoms with van der Waals surface area (Å²) in [4.78, 5) is 9.46. The van der Waals surface area contributed by atoms with Crippen molar-refractivity contribution in [3.05, 3.63) is 73.1 Å². The normalized spacial score (nSPS) is 15.0. The van der Waals surface area contributed by atoms with Gasteiger partial charge in [0.05, 0.1) is 17.4 Å². The molecule has 3 aromatic heterocycles. The molecule has 5 aromatic rings. The summed E-state index contributed by atoms with van der Waals surface area (Å²) in [7, 11) is 2.16. The lowest BCUT2D eigenvalue weighted by Crippen LogP contribution is -2.45. The van der Waals surface area contributed by atoms with Gasteiger partial charge in [-0.3, -0.25) is 0 Å².